The van der Waals surface area contributed by atoms with E-state index in [1.165, 1.54) is 11.3 Å². The number of nitrogens with one attached hydrogen (secondary N) is 1. The number of amides is 1. The van der Waals surface area contributed by atoms with Crippen LogP contribution in [0.4, 0.5) is 5.69 Å². The van der Waals surface area contributed by atoms with Crippen molar-refractivity contribution in [3.63, 3.8) is 0 Å². The highest BCUT2D eigenvalue weighted by atomic mass is 16.3. The number of hydrogen-bond acceptors (Lipinski definition) is 3. The van der Waals surface area contributed by atoms with E-state index in [0.717, 1.165) is 25.8 Å². The first-order chi connectivity index (χ1) is 11.2. The average Bonchev–Trinajstić information content (AvgIpc) is 3.01. The molecule has 1 aromatic rings. The molecule has 0 saturated heterocycles. The third-order valence-corrected chi connectivity index (χ3v) is 5.00. The quantitative estimate of drug-likeness (QED) is 0.820. The van der Waals surface area contributed by atoms with Crippen LogP contribution in [-0.2, 0) is 11.2 Å². The molecule has 0 spiro atoms. The van der Waals surface area contributed by atoms with Gasteiger partial charge >= 0.3 is 0 Å². The van der Waals surface area contributed by atoms with E-state index < -0.39 is 0 Å². The van der Waals surface area contributed by atoms with E-state index in [0.29, 0.717) is 12.5 Å². The summed E-state index contributed by atoms with van der Waals surface area (Å²) in [7, 11) is 0. The Morgan fingerprint density at radius 3 is 2.96 bits per heavy atom. The zero-order chi connectivity index (χ0) is 16.2. The first-order valence-corrected chi connectivity index (χ1v) is 8.60. The Morgan fingerprint density at radius 1 is 1.35 bits per heavy atom. The molecule has 0 saturated carbocycles. The standard InChI is InChI=1S/C19H26N2O2/c1-14-6-8-16-4-2-3-5-18(16)21(14)11-10-19(23)20-17-9-7-15(12-17)13-22/h2-5,7,9,14-15,17,22H,6,8,10-13H2,1H3,(H,20,23)/t14?,15-,17+/m0/s1. The Morgan fingerprint density at radius 2 is 2.17 bits per heavy atom. The second-order valence-corrected chi connectivity index (χ2v) is 6.70. The first kappa shape index (κ1) is 16.1. The number of para-hydroxylation sites is 1. The molecule has 0 radical (unpaired) electrons. The first-order valence-electron chi connectivity index (χ1n) is 8.60. The van der Waals surface area contributed by atoms with Crippen LogP contribution in [0.5, 0.6) is 0 Å². The van der Waals surface area contributed by atoms with E-state index in [2.05, 4.69) is 41.4 Å². The van der Waals surface area contributed by atoms with E-state index in [4.69, 9.17) is 5.11 Å². The van der Waals surface area contributed by atoms with Crippen LogP contribution in [0.2, 0.25) is 0 Å². The Hall–Kier alpha value is -1.81. The monoisotopic (exact) mass is 314 g/mol. The zero-order valence-electron chi connectivity index (χ0n) is 13.7. The minimum atomic E-state index is 0.0747. The van der Waals surface area contributed by atoms with Gasteiger partial charge in [-0.3, -0.25) is 4.79 Å². The van der Waals surface area contributed by atoms with Gasteiger partial charge in [0.25, 0.3) is 0 Å². The fourth-order valence-corrected chi connectivity index (χ4v) is 3.62. The summed E-state index contributed by atoms with van der Waals surface area (Å²) in [6.45, 7) is 3.15. The molecule has 4 nitrogen and oxygen atoms in total. The number of anilines is 1. The Labute approximate surface area is 138 Å². The maximum absolute atomic E-state index is 12.2. The van der Waals surface area contributed by atoms with Gasteiger partial charge in [-0.1, -0.05) is 30.4 Å². The topological polar surface area (TPSA) is 52.6 Å². The summed E-state index contributed by atoms with van der Waals surface area (Å²) in [6, 6.07) is 9.06. The van der Waals surface area contributed by atoms with Gasteiger partial charge in [0, 0.05) is 43.3 Å². The number of benzene rings is 1. The summed E-state index contributed by atoms with van der Waals surface area (Å²) in [5.41, 5.74) is 2.66. The summed E-state index contributed by atoms with van der Waals surface area (Å²) < 4.78 is 0. The fourth-order valence-electron chi connectivity index (χ4n) is 3.62. The lowest BCUT2D eigenvalue weighted by atomic mass is 9.96. The number of rotatable bonds is 5. The lowest BCUT2D eigenvalue weighted by molar-refractivity contribution is -0.121. The second kappa shape index (κ2) is 7.18. The van der Waals surface area contributed by atoms with Crippen LogP contribution in [0, 0.1) is 5.92 Å². The highest BCUT2D eigenvalue weighted by molar-refractivity contribution is 5.77. The second-order valence-electron chi connectivity index (χ2n) is 6.70. The van der Waals surface area contributed by atoms with Crippen LogP contribution in [0.25, 0.3) is 0 Å². The van der Waals surface area contributed by atoms with Crippen molar-refractivity contribution in [2.24, 2.45) is 5.92 Å². The molecule has 0 bridgehead atoms. The molecule has 3 rings (SSSR count). The van der Waals surface area contributed by atoms with Gasteiger partial charge in [0.05, 0.1) is 0 Å². The van der Waals surface area contributed by atoms with Crippen molar-refractivity contribution >= 4 is 11.6 Å². The maximum atomic E-state index is 12.2. The average molecular weight is 314 g/mol. The summed E-state index contributed by atoms with van der Waals surface area (Å²) in [6.07, 6.45) is 7.57. The van der Waals surface area contributed by atoms with Gasteiger partial charge < -0.3 is 15.3 Å². The molecule has 0 fully saturated rings. The van der Waals surface area contributed by atoms with Gasteiger partial charge in [0.15, 0.2) is 0 Å². The van der Waals surface area contributed by atoms with Gasteiger partial charge in [-0.2, -0.15) is 0 Å². The Kier molecular flexibility index (Phi) is 5.01. The molecular weight excluding hydrogens is 288 g/mol. The smallest absolute Gasteiger partial charge is 0.222 e. The number of aryl methyl sites for hydroxylation is 1. The molecular formula is C19H26N2O2. The van der Waals surface area contributed by atoms with Gasteiger partial charge in [-0.25, -0.2) is 0 Å². The number of carbonyl (C=O) groups excluding carboxylic acids is 1. The van der Waals surface area contributed by atoms with Crippen molar-refractivity contribution < 1.29 is 9.90 Å². The van der Waals surface area contributed by atoms with Gasteiger partial charge in [0.1, 0.15) is 0 Å². The molecule has 0 aromatic heterocycles. The van der Waals surface area contributed by atoms with E-state index in [1.807, 2.05) is 12.2 Å². The van der Waals surface area contributed by atoms with Crippen molar-refractivity contribution in [1.29, 1.82) is 0 Å². The Balaban J connectivity index is 1.54. The zero-order valence-corrected chi connectivity index (χ0v) is 13.7. The van der Waals surface area contributed by atoms with E-state index in [9.17, 15) is 4.79 Å². The summed E-state index contributed by atoms with van der Waals surface area (Å²) >= 11 is 0. The number of fused-ring (bicyclic) bond motifs is 1. The molecule has 2 aliphatic rings. The van der Waals surface area contributed by atoms with Gasteiger partial charge in [0.2, 0.25) is 5.91 Å². The molecule has 23 heavy (non-hydrogen) atoms. The van der Waals surface area contributed by atoms with Crippen LogP contribution >= 0.6 is 0 Å². The van der Waals surface area contributed by atoms with Crippen molar-refractivity contribution in [2.75, 3.05) is 18.1 Å². The molecule has 2 N–H and O–H groups in total. The van der Waals surface area contributed by atoms with E-state index in [1.54, 1.807) is 0 Å². The normalized spacial score (nSPS) is 26.2. The van der Waals surface area contributed by atoms with Crippen molar-refractivity contribution in [3.8, 4) is 0 Å². The molecule has 3 atom stereocenters. The minimum Gasteiger partial charge on any atom is -0.396 e. The summed E-state index contributed by atoms with van der Waals surface area (Å²) in [5.74, 6) is 0.280. The number of aliphatic hydroxyl groups is 1. The molecule has 4 heteroatoms. The van der Waals surface area contributed by atoms with Crippen LogP contribution in [-0.4, -0.2) is 36.2 Å². The van der Waals surface area contributed by atoms with Crippen LogP contribution in [0.15, 0.2) is 36.4 Å². The lowest BCUT2D eigenvalue weighted by Gasteiger charge is -2.37. The highest BCUT2D eigenvalue weighted by Gasteiger charge is 2.24. The molecule has 1 aliphatic heterocycles. The number of aliphatic hydroxyl groups excluding tert-OH is 1. The van der Waals surface area contributed by atoms with Crippen molar-refractivity contribution in [3.05, 3.63) is 42.0 Å². The highest BCUT2D eigenvalue weighted by Crippen LogP contribution is 2.30. The van der Waals surface area contributed by atoms with Crippen LogP contribution in [0.1, 0.15) is 31.7 Å². The van der Waals surface area contributed by atoms with Crippen molar-refractivity contribution in [2.45, 2.75) is 44.7 Å². The molecule has 1 heterocycles. The third-order valence-electron chi connectivity index (χ3n) is 5.00. The molecule has 124 valence electrons. The van der Waals surface area contributed by atoms with Gasteiger partial charge in [-0.15, -0.1) is 0 Å². The summed E-state index contributed by atoms with van der Waals surface area (Å²) in [5, 5.41) is 12.2. The predicted octanol–water partition coefficient (Wildman–Crippen LogP) is 2.27. The Bertz CT molecular complexity index is 584. The fraction of sp³-hybridized carbons (Fsp3) is 0.526. The number of carbonyl (C=O) groups is 1. The number of hydrogen-bond donors (Lipinski definition) is 2. The predicted molar refractivity (Wildman–Crippen MR) is 92.5 cm³/mol. The minimum absolute atomic E-state index is 0.0747. The van der Waals surface area contributed by atoms with E-state index in [-0.39, 0.29) is 24.5 Å². The molecule has 1 aromatic carbocycles. The SMILES string of the molecule is CC1CCc2ccccc2N1CCC(=O)N[C@@H]1C=C[C@H](CO)C1. The lowest BCUT2D eigenvalue weighted by Crippen LogP contribution is -2.41. The van der Waals surface area contributed by atoms with Crippen LogP contribution < -0.4 is 10.2 Å². The number of nitrogens with zero attached hydrogens (tertiary/aromatic N) is 1. The molecule has 1 amide bonds. The largest absolute Gasteiger partial charge is 0.396 e. The maximum Gasteiger partial charge on any atom is 0.222 e. The third kappa shape index (κ3) is 3.75. The van der Waals surface area contributed by atoms with Gasteiger partial charge in [-0.05, 0) is 37.8 Å². The van der Waals surface area contributed by atoms with E-state index >= 15 is 0 Å². The molecule has 1 unspecified atom stereocenters. The summed E-state index contributed by atoms with van der Waals surface area (Å²) in [4.78, 5) is 14.6. The van der Waals surface area contributed by atoms with Crippen LogP contribution in [0.3, 0.4) is 0 Å². The van der Waals surface area contributed by atoms with Crippen molar-refractivity contribution in [1.82, 2.24) is 5.32 Å². The molecule has 1 aliphatic carbocycles.